The molecule has 0 heterocycles. The second-order valence-corrected chi connectivity index (χ2v) is 12.3. The molecule has 0 atom stereocenters. The number of hydrogen-bond donors (Lipinski definition) is 0. The number of halogens is 2. The molecule has 0 spiro atoms. The molecule has 47 heavy (non-hydrogen) atoms. The number of ether oxygens (including phenoxy) is 6. The molecule has 244 valence electrons. The number of hydrogen-bond acceptors (Lipinski definition) is 7. The molecule has 5 rings (SSSR count). The van der Waals surface area contributed by atoms with E-state index in [2.05, 4.69) is 31.9 Å². The third kappa shape index (κ3) is 7.85. The summed E-state index contributed by atoms with van der Waals surface area (Å²) in [7, 11) is 6.32. The number of allylic oxidation sites excluding steroid dienone is 2. The Kier molecular flexibility index (Phi) is 11.7. The van der Waals surface area contributed by atoms with Gasteiger partial charge in [0.2, 0.25) is 0 Å². The van der Waals surface area contributed by atoms with Crippen molar-refractivity contribution in [2.24, 2.45) is 0 Å². The van der Waals surface area contributed by atoms with Gasteiger partial charge in [0.05, 0.1) is 28.4 Å². The van der Waals surface area contributed by atoms with Crippen LogP contribution in [0.5, 0.6) is 34.5 Å². The number of carbonyl (C=O) groups is 1. The number of carbonyl (C=O) groups excluding carboxylic acids is 1. The summed E-state index contributed by atoms with van der Waals surface area (Å²) >= 11 is 7.34. The molecule has 0 unspecified atom stereocenters. The minimum atomic E-state index is -0.0453. The van der Waals surface area contributed by atoms with Crippen LogP contribution in [-0.4, -0.2) is 34.2 Å². The maximum atomic E-state index is 14.1. The summed E-state index contributed by atoms with van der Waals surface area (Å²) in [5.41, 5.74) is 4.76. The highest BCUT2D eigenvalue weighted by Gasteiger charge is 2.26. The van der Waals surface area contributed by atoms with Gasteiger partial charge in [-0.05, 0) is 86.5 Å². The molecular weight excluding hydrogens is 728 g/mol. The van der Waals surface area contributed by atoms with Gasteiger partial charge in [-0.25, -0.2) is 0 Å². The molecule has 4 aromatic carbocycles. The van der Waals surface area contributed by atoms with Crippen molar-refractivity contribution in [2.45, 2.75) is 32.5 Å². The van der Waals surface area contributed by atoms with Crippen molar-refractivity contribution in [3.05, 3.63) is 115 Å². The molecule has 0 N–H and O–H groups in total. The molecular formula is C38H36Br2O7. The van der Waals surface area contributed by atoms with Crippen LogP contribution in [-0.2, 0) is 18.0 Å². The Morgan fingerprint density at radius 2 is 1.00 bits per heavy atom. The molecule has 4 aromatic rings. The number of Topliss-reactive ketones (excluding diaryl/α,β-unsaturated/α-hetero) is 1. The van der Waals surface area contributed by atoms with Gasteiger partial charge in [-0.3, -0.25) is 4.79 Å². The molecule has 0 aromatic heterocycles. The molecule has 1 aliphatic carbocycles. The van der Waals surface area contributed by atoms with Crippen LogP contribution >= 0.6 is 31.9 Å². The van der Waals surface area contributed by atoms with Crippen molar-refractivity contribution in [1.82, 2.24) is 0 Å². The van der Waals surface area contributed by atoms with Crippen LogP contribution in [0.2, 0.25) is 0 Å². The van der Waals surface area contributed by atoms with E-state index in [1.807, 2.05) is 84.9 Å². The fourth-order valence-electron chi connectivity index (χ4n) is 5.43. The molecule has 0 radical (unpaired) electrons. The van der Waals surface area contributed by atoms with E-state index in [9.17, 15) is 4.79 Å². The predicted molar refractivity (Wildman–Crippen MR) is 191 cm³/mol. The summed E-state index contributed by atoms with van der Waals surface area (Å²) in [6.07, 6.45) is 5.81. The third-order valence-corrected chi connectivity index (χ3v) is 9.22. The summed E-state index contributed by atoms with van der Waals surface area (Å²) < 4.78 is 36.4. The van der Waals surface area contributed by atoms with E-state index < -0.39 is 0 Å². The monoisotopic (exact) mass is 762 g/mol. The van der Waals surface area contributed by atoms with E-state index in [1.165, 1.54) is 0 Å². The Morgan fingerprint density at radius 1 is 0.596 bits per heavy atom. The lowest BCUT2D eigenvalue weighted by Gasteiger charge is -2.21. The molecule has 0 amide bonds. The number of benzene rings is 4. The number of ketones is 1. The van der Waals surface area contributed by atoms with Crippen LogP contribution in [0, 0.1) is 0 Å². The van der Waals surface area contributed by atoms with Gasteiger partial charge in [0.15, 0.2) is 28.8 Å². The average molecular weight is 765 g/mol. The summed E-state index contributed by atoms with van der Waals surface area (Å²) in [5, 5.41) is 0. The smallest absolute Gasteiger partial charge is 0.185 e. The van der Waals surface area contributed by atoms with Gasteiger partial charge >= 0.3 is 0 Å². The lowest BCUT2D eigenvalue weighted by atomic mass is 9.86. The van der Waals surface area contributed by atoms with Crippen LogP contribution in [0.25, 0.3) is 12.2 Å². The lowest BCUT2D eigenvalue weighted by molar-refractivity contribution is -0.112. The zero-order valence-corrected chi connectivity index (χ0v) is 29.9. The van der Waals surface area contributed by atoms with E-state index in [4.69, 9.17) is 28.4 Å². The van der Waals surface area contributed by atoms with Crippen molar-refractivity contribution in [3.8, 4) is 34.5 Å². The highest BCUT2D eigenvalue weighted by atomic mass is 79.9. The van der Waals surface area contributed by atoms with Crippen LogP contribution in [0.15, 0.2) is 92.9 Å². The van der Waals surface area contributed by atoms with Crippen molar-refractivity contribution in [2.75, 3.05) is 28.4 Å². The Labute approximate surface area is 292 Å². The zero-order chi connectivity index (χ0) is 33.3. The minimum absolute atomic E-state index is 0.0453. The first-order chi connectivity index (χ1) is 22.9. The van der Waals surface area contributed by atoms with E-state index in [1.54, 1.807) is 28.4 Å². The maximum Gasteiger partial charge on any atom is 0.185 e. The minimum Gasteiger partial charge on any atom is -0.493 e. The van der Waals surface area contributed by atoms with Crippen LogP contribution < -0.4 is 28.4 Å². The molecule has 0 aliphatic heterocycles. The Hall–Kier alpha value is -4.21. The SMILES string of the molecule is COc1cc(/C=C2\CCC/C(=C\c3cc(OC)c(OC)c(Br)c3OCc3ccccc3)C2=O)c(OCc2ccccc2)c(Br)c1OC. The summed E-state index contributed by atoms with van der Waals surface area (Å²) in [6, 6.07) is 23.5. The number of rotatable bonds is 12. The Balaban J connectivity index is 1.53. The van der Waals surface area contributed by atoms with Gasteiger partial charge in [-0.2, -0.15) is 0 Å². The first-order valence-corrected chi connectivity index (χ1v) is 16.6. The molecule has 9 heteroatoms. The second-order valence-electron chi connectivity index (χ2n) is 10.8. The summed E-state index contributed by atoms with van der Waals surface area (Å²) in [4.78, 5) is 14.1. The topological polar surface area (TPSA) is 72.5 Å². The van der Waals surface area contributed by atoms with E-state index in [0.29, 0.717) is 91.8 Å². The quantitative estimate of drug-likeness (QED) is 0.133. The fraction of sp³-hybridized carbons (Fsp3) is 0.237. The zero-order valence-electron chi connectivity index (χ0n) is 26.7. The van der Waals surface area contributed by atoms with Gasteiger partial charge in [-0.15, -0.1) is 0 Å². The number of methoxy groups -OCH3 is 4. The second kappa shape index (κ2) is 16.1. The first kappa shape index (κ1) is 34.1. The van der Waals surface area contributed by atoms with Crippen molar-refractivity contribution >= 4 is 49.8 Å². The Morgan fingerprint density at radius 3 is 1.36 bits per heavy atom. The van der Waals surface area contributed by atoms with Gasteiger partial charge in [0, 0.05) is 22.3 Å². The van der Waals surface area contributed by atoms with E-state index in [-0.39, 0.29) is 5.78 Å². The highest BCUT2D eigenvalue weighted by molar-refractivity contribution is 9.11. The predicted octanol–water partition coefficient (Wildman–Crippen LogP) is 9.62. The largest absolute Gasteiger partial charge is 0.493 e. The van der Waals surface area contributed by atoms with Gasteiger partial charge in [-0.1, -0.05) is 60.7 Å². The van der Waals surface area contributed by atoms with Gasteiger partial charge < -0.3 is 28.4 Å². The molecule has 7 nitrogen and oxygen atoms in total. The van der Waals surface area contributed by atoms with Crippen molar-refractivity contribution in [3.63, 3.8) is 0 Å². The third-order valence-electron chi connectivity index (χ3n) is 7.78. The molecule has 1 saturated carbocycles. The van der Waals surface area contributed by atoms with E-state index in [0.717, 1.165) is 17.5 Å². The maximum absolute atomic E-state index is 14.1. The molecule has 1 fully saturated rings. The lowest BCUT2D eigenvalue weighted by Crippen LogP contribution is -2.13. The van der Waals surface area contributed by atoms with Crippen molar-refractivity contribution in [1.29, 1.82) is 0 Å². The fourth-order valence-corrected chi connectivity index (χ4v) is 6.83. The van der Waals surface area contributed by atoms with Crippen LogP contribution in [0.3, 0.4) is 0 Å². The van der Waals surface area contributed by atoms with Crippen LogP contribution in [0.1, 0.15) is 41.5 Å². The normalized spacial score (nSPS) is 14.6. The molecule has 0 saturated heterocycles. The summed E-state index contributed by atoms with van der Waals surface area (Å²) in [6.45, 7) is 0.675. The molecule has 0 bridgehead atoms. The Bertz CT molecular complexity index is 1650. The first-order valence-electron chi connectivity index (χ1n) is 15.1. The standard InChI is InChI=1S/C38H36Br2O7/c1-42-30-20-28(35(32(39)37(30)44-3)46-22-24-12-7-5-8-13-24)18-26-16-11-17-27(34(26)41)19-29-21-31(43-2)38(45-4)33(40)36(29)47-23-25-14-9-6-10-15-25/h5-10,12-15,18-21H,11,16-17,22-23H2,1-4H3/b26-18+,27-19+. The van der Waals surface area contributed by atoms with Gasteiger partial charge in [0.1, 0.15) is 33.7 Å². The van der Waals surface area contributed by atoms with Crippen LogP contribution in [0.4, 0.5) is 0 Å². The molecule has 1 aliphatic rings. The van der Waals surface area contributed by atoms with Crippen molar-refractivity contribution < 1.29 is 33.2 Å². The summed E-state index contributed by atoms with van der Waals surface area (Å²) in [5.74, 6) is 3.13. The highest BCUT2D eigenvalue weighted by Crippen LogP contribution is 2.47. The van der Waals surface area contributed by atoms with Gasteiger partial charge in [0.25, 0.3) is 0 Å². The average Bonchev–Trinajstić information content (AvgIpc) is 3.09. The van der Waals surface area contributed by atoms with E-state index >= 15 is 0 Å².